The smallest absolute Gasteiger partial charge is 0.226 e. The highest BCUT2D eigenvalue weighted by atomic mass is 16.5. The molecule has 0 spiro atoms. The standard InChI is InChI=1S/C25H31N3O5/c1-5-31-21-15-12-19(16-22(21)32-6-2)17(3)26-23(29)8-7-9-24-27-25(28-33-24)18-10-13-20(30-4)14-11-18/h10-17H,5-9H2,1-4H3,(H,26,29). The summed E-state index contributed by atoms with van der Waals surface area (Å²) in [5, 5.41) is 7.05. The van der Waals surface area contributed by atoms with Gasteiger partial charge in [-0.1, -0.05) is 11.2 Å². The van der Waals surface area contributed by atoms with Crippen molar-refractivity contribution < 1.29 is 23.5 Å². The molecule has 0 fully saturated rings. The van der Waals surface area contributed by atoms with Crippen molar-refractivity contribution in [2.45, 2.75) is 46.1 Å². The van der Waals surface area contributed by atoms with Gasteiger partial charge >= 0.3 is 0 Å². The second-order valence-corrected chi connectivity index (χ2v) is 7.46. The Hall–Kier alpha value is -3.55. The van der Waals surface area contributed by atoms with Crippen LogP contribution >= 0.6 is 0 Å². The van der Waals surface area contributed by atoms with Crippen molar-refractivity contribution in [3.8, 4) is 28.6 Å². The maximum Gasteiger partial charge on any atom is 0.226 e. The van der Waals surface area contributed by atoms with E-state index in [1.54, 1.807) is 7.11 Å². The van der Waals surface area contributed by atoms with Crippen LogP contribution in [0.3, 0.4) is 0 Å². The van der Waals surface area contributed by atoms with E-state index in [0.717, 1.165) is 16.9 Å². The van der Waals surface area contributed by atoms with Crippen LogP contribution in [0.1, 0.15) is 51.1 Å². The quantitative estimate of drug-likeness (QED) is 0.423. The molecule has 0 bridgehead atoms. The van der Waals surface area contributed by atoms with Gasteiger partial charge in [-0.3, -0.25) is 4.79 Å². The van der Waals surface area contributed by atoms with Gasteiger partial charge < -0.3 is 24.1 Å². The molecule has 1 unspecified atom stereocenters. The van der Waals surface area contributed by atoms with Crippen LogP contribution in [0.4, 0.5) is 0 Å². The number of hydrogen-bond acceptors (Lipinski definition) is 7. The lowest BCUT2D eigenvalue weighted by molar-refractivity contribution is -0.121. The summed E-state index contributed by atoms with van der Waals surface area (Å²) in [5.41, 5.74) is 1.80. The zero-order valence-corrected chi connectivity index (χ0v) is 19.6. The number of amides is 1. The number of carbonyl (C=O) groups excluding carboxylic acids is 1. The van der Waals surface area contributed by atoms with Crippen LogP contribution in [0.15, 0.2) is 47.0 Å². The first-order valence-corrected chi connectivity index (χ1v) is 11.2. The average Bonchev–Trinajstić information content (AvgIpc) is 3.29. The number of rotatable bonds is 12. The number of aryl methyl sites for hydroxylation is 1. The lowest BCUT2D eigenvalue weighted by Gasteiger charge is -2.17. The molecule has 1 amide bonds. The normalized spacial score (nSPS) is 11.6. The number of methoxy groups -OCH3 is 1. The van der Waals surface area contributed by atoms with E-state index in [1.807, 2.05) is 63.2 Å². The van der Waals surface area contributed by atoms with Gasteiger partial charge in [0.25, 0.3) is 0 Å². The zero-order chi connectivity index (χ0) is 23.6. The summed E-state index contributed by atoms with van der Waals surface area (Å²) in [6, 6.07) is 13.0. The minimum atomic E-state index is -0.155. The van der Waals surface area contributed by atoms with Gasteiger partial charge in [-0.15, -0.1) is 0 Å². The summed E-state index contributed by atoms with van der Waals surface area (Å²) in [6.45, 7) is 6.91. The molecule has 0 aliphatic carbocycles. The molecular formula is C25H31N3O5. The summed E-state index contributed by atoms with van der Waals surface area (Å²) in [6.07, 6.45) is 1.50. The third kappa shape index (κ3) is 6.71. The summed E-state index contributed by atoms with van der Waals surface area (Å²) in [7, 11) is 1.62. The highest BCUT2D eigenvalue weighted by Gasteiger charge is 2.14. The van der Waals surface area contributed by atoms with Crippen LogP contribution in [0.25, 0.3) is 11.4 Å². The summed E-state index contributed by atoms with van der Waals surface area (Å²) in [5.74, 6) is 3.14. The molecule has 0 aliphatic rings. The van der Waals surface area contributed by atoms with Crippen LogP contribution in [0.5, 0.6) is 17.2 Å². The van der Waals surface area contributed by atoms with Crippen LogP contribution in [0, 0.1) is 0 Å². The topological polar surface area (TPSA) is 95.7 Å². The van der Waals surface area contributed by atoms with Gasteiger partial charge in [0.15, 0.2) is 11.5 Å². The van der Waals surface area contributed by atoms with Crippen molar-refractivity contribution in [3.63, 3.8) is 0 Å². The Balaban J connectivity index is 1.49. The molecule has 0 radical (unpaired) electrons. The molecule has 1 aromatic heterocycles. The fourth-order valence-electron chi connectivity index (χ4n) is 3.35. The average molecular weight is 454 g/mol. The Morgan fingerprint density at radius 1 is 1.06 bits per heavy atom. The van der Waals surface area contributed by atoms with E-state index >= 15 is 0 Å². The van der Waals surface area contributed by atoms with Crippen molar-refractivity contribution in [2.75, 3.05) is 20.3 Å². The lowest BCUT2D eigenvalue weighted by atomic mass is 10.1. The third-order valence-corrected chi connectivity index (χ3v) is 5.06. The van der Waals surface area contributed by atoms with Gasteiger partial charge in [0.05, 0.1) is 26.4 Å². The molecule has 1 atom stereocenters. The van der Waals surface area contributed by atoms with Crippen molar-refractivity contribution in [2.24, 2.45) is 0 Å². The minimum Gasteiger partial charge on any atom is -0.497 e. The molecule has 0 saturated heterocycles. The molecule has 8 heteroatoms. The largest absolute Gasteiger partial charge is 0.497 e. The van der Waals surface area contributed by atoms with Crippen molar-refractivity contribution >= 4 is 5.91 Å². The van der Waals surface area contributed by atoms with Gasteiger partial charge in [0.1, 0.15) is 5.75 Å². The number of nitrogens with one attached hydrogen (secondary N) is 1. The molecule has 3 rings (SSSR count). The van der Waals surface area contributed by atoms with Gasteiger partial charge in [-0.05, 0) is 69.2 Å². The Morgan fingerprint density at radius 3 is 2.48 bits per heavy atom. The SMILES string of the molecule is CCOc1ccc(C(C)NC(=O)CCCc2nc(-c3ccc(OC)cc3)no2)cc1OCC. The van der Waals surface area contributed by atoms with E-state index in [2.05, 4.69) is 15.5 Å². The number of hydrogen-bond donors (Lipinski definition) is 1. The molecule has 33 heavy (non-hydrogen) atoms. The Kier molecular flexibility index (Phi) is 8.69. The second kappa shape index (κ2) is 11.9. The van der Waals surface area contributed by atoms with Gasteiger partial charge in [0.2, 0.25) is 17.6 Å². The first kappa shape index (κ1) is 24.1. The summed E-state index contributed by atoms with van der Waals surface area (Å²) in [4.78, 5) is 16.9. The Bertz CT molecular complexity index is 1030. The van der Waals surface area contributed by atoms with Gasteiger partial charge in [-0.25, -0.2) is 0 Å². The lowest BCUT2D eigenvalue weighted by Crippen LogP contribution is -2.26. The number of ether oxygens (including phenoxy) is 3. The predicted molar refractivity (Wildman–Crippen MR) is 125 cm³/mol. The van der Waals surface area contributed by atoms with E-state index in [9.17, 15) is 4.79 Å². The monoisotopic (exact) mass is 453 g/mol. The third-order valence-electron chi connectivity index (χ3n) is 5.06. The summed E-state index contributed by atoms with van der Waals surface area (Å²) >= 11 is 0. The molecule has 1 N–H and O–H groups in total. The maximum atomic E-state index is 12.4. The molecule has 2 aromatic carbocycles. The molecule has 8 nitrogen and oxygen atoms in total. The first-order chi connectivity index (χ1) is 16.0. The number of nitrogens with zero attached hydrogens (tertiary/aromatic N) is 2. The van der Waals surface area contributed by atoms with Crippen molar-refractivity contribution in [3.05, 3.63) is 53.9 Å². The molecule has 176 valence electrons. The summed E-state index contributed by atoms with van der Waals surface area (Å²) < 4.78 is 21.8. The maximum absolute atomic E-state index is 12.4. The molecular weight excluding hydrogens is 422 g/mol. The highest BCUT2D eigenvalue weighted by Crippen LogP contribution is 2.30. The van der Waals surface area contributed by atoms with Crippen molar-refractivity contribution in [1.82, 2.24) is 15.5 Å². The number of benzene rings is 2. The number of aromatic nitrogens is 2. The van der Waals surface area contributed by atoms with E-state index in [1.165, 1.54) is 0 Å². The molecule has 1 heterocycles. The molecule has 3 aromatic rings. The highest BCUT2D eigenvalue weighted by molar-refractivity contribution is 5.76. The fourth-order valence-corrected chi connectivity index (χ4v) is 3.35. The second-order valence-electron chi connectivity index (χ2n) is 7.46. The first-order valence-electron chi connectivity index (χ1n) is 11.2. The van der Waals surface area contributed by atoms with E-state index in [-0.39, 0.29) is 11.9 Å². The van der Waals surface area contributed by atoms with E-state index < -0.39 is 0 Å². The van der Waals surface area contributed by atoms with E-state index in [4.69, 9.17) is 18.7 Å². The zero-order valence-electron chi connectivity index (χ0n) is 19.6. The van der Waals surface area contributed by atoms with Gasteiger partial charge in [0, 0.05) is 18.4 Å². The molecule has 0 aliphatic heterocycles. The van der Waals surface area contributed by atoms with Gasteiger partial charge in [-0.2, -0.15) is 4.98 Å². The number of carbonyl (C=O) groups is 1. The fraction of sp³-hybridized carbons (Fsp3) is 0.400. The minimum absolute atomic E-state index is 0.0377. The van der Waals surface area contributed by atoms with Crippen LogP contribution in [-0.2, 0) is 11.2 Å². The van der Waals surface area contributed by atoms with Crippen LogP contribution < -0.4 is 19.5 Å². The van der Waals surface area contributed by atoms with Crippen molar-refractivity contribution in [1.29, 1.82) is 0 Å². The Morgan fingerprint density at radius 2 is 1.79 bits per heavy atom. The van der Waals surface area contributed by atoms with Crippen LogP contribution in [0.2, 0.25) is 0 Å². The van der Waals surface area contributed by atoms with E-state index in [0.29, 0.717) is 55.7 Å². The predicted octanol–water partition coefficient (Wildman–Crippen LogP) is 4.74. The molecule has 0 saturated carbocycles. The Labute approximate surface area is 194 Å². The van der Waals surface area contributed by atoms with Crippen LogP contribution in [-0.4, -0.2) is 36.4 Å².